The van der Waals surface area contributed by atoms with Crippen LogP contribution in [0.5, 0.6) is 0 Å². The topological polar surface area (TPSA) is 89.5 Å². The van der Waals surface area contributed by atoms with Gasteiger partial charge in [-0.1, -0.05) is 12.1 Å². The number of aliphatic carboxylic acids is 1. The second-order valence-electron chi connectivity index (χ2n) is 5.84. The number of nitrogens with zero attached hydrogens (tertiary/aromatic N) is 1. The van der Waals surface area contributed by atoms with E-state index in [1.807, 2.05) is 12.1 Å². The molecule has 26 heavy (non-hydrogen) atoms. The maximum Gasteiger partial charge on any atom is 0.261 e. The van der Waals surface area contributed by atoms with Crippen LogP contribution in [0.1, 0.15) is 25.8 Å². The molecule has 0 aromatic heterocycles. The number of aryl methyl sites for hydroxylation is 1. The van der Waals surface area contributed by atoms with Crippen molar-refractivity contribution in [2.24, 2.45) is 0 Å². The lowest BCUT2D eigenvalue weighted by atomic mass is 10.1. The van der Waals surface area contributed by atoms with Crippen LogP contribution in [0.2, 0.25) is 0 Å². The van der Waals surface area contributed by atoms with E-state index in [0.717, 1.165) is 24.3 Å². The van der Waals surface area contributed by atoms with Crippen molar-refractivity contribution in [2.75, 3.05) is 22.7 Å². The Kier molecular flexibility index (Phi) is 6.63. The first kappa shape index (κ1) is 19.8. The average molecular weight is 375 g/mol. The van der Waals surface area contributed by atoms with E-state index in [1.165, 1.54) is 12.1 Å². The third-order valence-corrected chi connectivity index (χ3v) is 5.50. The van der Waals surface area contributed by atoms with Crippen LogP contribution in [0.3, 0.4) is 0 Å². The van der Waals surface area contributed by atoms with Crippen molar-refractivity contribution in [3.63, 3.8) is 0 Å². The fourth-order valence-electron chi connectivity index (χ4n) is 2.62. The molecule has 0 amide bonds. The Bertz CT molecular complexity index is 827. The van der Waals surface area contributed by atoms with E-state index < -0.39 is 16.0 Å². The Labute approximate surface area is 154 Å². The van der Waals surface area contributed by atoms with Gasteiger partial charge in [0.1, 0.15) is 0 Å². The van der Waals surface area contributed by atoms with Gasteiger partial charge in [-0.05, 0) is 68.7 Å². The van der Waals surface area contributed by atoms with Crippen LogP contribution in [0.4, 0.5) is 11.4 Å². The lowest BCUT2D eigenvalue weighted by Gasteiger charge is -2.21. The molecule has 7 heteroatoms. The number of benzene rings is 2. The Hall–Kier alpha value is -2.54. The molecule has 0 heterocycles. The SMILES string of the molecule is CCN(CC)c1ccc(NS(=O)(=O)c2ccc(CCC(=O)[O-])cc2)cc1. The molecule has 0 bridgehead atoms. The van der Waals surface area contributed by atoms with Gasteiger partial charge in [-0.2, -0.15) is 0 Å². The lowest BCUT2D eigenvalue weighted by molar-refractivity contribution is -0.305. The maximum atomic E-state index is 12.5. The molecule has 0 saturated heterocycles. The first-order valence-corrected chi connectivity index (χ1v) is 10.0. The zero-order valence-corrected chi connectivity index (χ0v) is 15.8. The summed E-state index contributed by atoms with van der Waals surface area (Å²) in [6.45, 7) is 5.89. The Balaban J connectivity index is 2.09. The largest absolute Gasteiger partial charge is 0.550 e. The summed E-state index contributed by atoms with van der Waals surface area (Å²) in [6.07, 6.45) is 0.214. The summed E-state index contributed by atoms with van der Waals surface area (Å²) in [5.41, 5.74) is 2.27. The van der Waals surface area contributed by atoms with E-state index in [9.17, 15) is 18.3 Å². The fraction of sp³-hybridized carbons (Fsp3) is 0.316. The van der Waals surface area contributed by atoms with Gasteiger partial charge in [0.05, 0.1) is 4.90 Å². The predicted octanol–water partition coefficient (Wildman–Crippen LogP) is 2.02. The summed E-state index contributed by atoms with van der Waals surface area (Å²) in [4.78, 5) is 12.8. The van der Waals surface area contributed by atoms with Crippen molar-refractivity contribution in [2.45, 2.75) is 31.6 Å². The molecule has 1 N–H and O–H groups in total. The van der Waals surface area contributed by atoms with E-state index in [2.05, 4.69) is 23.5 Å². The number of hydrogen-bond donors (Lipinski definition) is 1. The zero-order chi connectivity index (χ0) is 19.2. The highest BCUT2D eigenvalue weighted by molar-refractivity contribution is 7.92. The number of carbonyl (C=O) groups is 1. The minimum atomic E-state index is -3.70. The summed E-state index contributed by atoms with van der Waals surface area (Å²) in [5, 5.41) is 10.5. The summed E-state index contributed by atoms with van der Waals surface area (Å²) >= 11 is 0. The van der Waals surface area contributed by atoms with Gasteiger partial charge in [0.25, 0.3) is 10.0 Å². The van der Waals surface area contributed by atoms with Gasteiger partial charge in [0.2, 0.25) is 0 Å². The normalized spacial score (nSPS) is 11.2. The molecule has 2 aromatic carbocycles. The van der Waals surface area contributed by atoms with E-state index in [-0.39, 0.29) is 11.3 Å². The third-order valence-electron chi connectivity index (χ3n) is 4.10. The van der Waals surface area contributed by atoms with Crippen LogP contribution >= 0.6 is 0 Å². The highest BCUT2D eigenvalue weighted by Crippen LogP contribution is 2.21. The molecular weight excluding hydrogens is 352 g/mol. The molecule has 0 fully saturated rings. The predicted molar refractivity (Wildman–Crippen MR) is 101 cm³/mol. The molecule has 0 aliphatic rings. The van der Waals surface area contributed by atoms with Crippen LogP contribution in [0, 0.1) is 0 Å². The number of anilines is 2. The minimum absolute atomic E-state index is 0.0940. The van der Waals surface area contributed by atoms with Crippen LogP contribution in [-0.4, -0.2) is 27.5 Å². The highest BCUT2D eigenvalue weighted by atomic mass is 32.2. The molecule has 0 aliphatic heterocycles. The van der Waals surface area contributed by atoms with Gasteiger partial charge in [-0.25, -0.2) is 8.42 Å². The van der Waals surface area contributed by atoms with Crippen molar-refractivity contribution >= 4 is 27.4 Å². The monoisotopic (exact) mass is 375 g/mol. The van der Waals surface area contributed by atoms with Crippen molar-refractivity contribution < 1.29 is 18.3 Å². The van der Waals surface area contributed by atoms with Gasteiger partial charge in [0.15, 0.2) is 0 Å². The van der Waals surface area contributed by atoms with Crippen molar-refractivity contribution in [3.8, 4) is 0 Å². The smallest absolute Gasteiger partial charge is 0.261 e. The Morgan fingerprint density at radius 3 is 2.08 bits per heavy atom. The molecule has 0 saturated carbocycles. The first-order valence-electron chi connectivity index (χ1n) is 8.52. The van der Waals surface area contributed by atoms with Crippen LogP contribution < -0.4 is 14.7 Å². The summed E-state index contributed by atoms with van der Waals surface area (Å²) in [5.74, 6) is -1.13. The van der Waals surface area contributed by atoms with Crippen molar-refractivity contribution in [1.82, 2.24) is 0 Å². The van der Waals surface area contributed by atoms with E-state index in [1.54, 1.807) is 24.3 Å². The molecule has 0 radical (unpaired) electrons. The Morgan fingerprint density at radius 2 is 1.58 bits per heavy atom. The first-order chi connectivity index (χ1) is 12.4. The van der Waals surface area contributed by atoms with E-state index >= 15 is 0 Å². The third kappa shape index (κ3) is 5.23. The summed E-state index contributed by atoms with van der Waals surface area (Å²) in [7, 11) is -3.70. The maximum absolute atomic E-state index is 12.5. The number of sulfonamides is 1. The molecule has 140 valence electrons. The second-order valence-corrected chi connectivity index (χ2v) is 7.52. The standard InChI is InChI=1S/C19H24N2O4S/c1-3-21(4-2)17-10-8-16(9-11-17)20-26(24,25)18-12-5-15(6-13-18)7-14-19(22)23/h5-6,8-13,20H,3-4,7,14H2,1-2H3,(H,22,23)/p-1. The van der Waals surface area contributed by atoms with E-state index in [0.29, 0.717) is 12.1 Å². The summed E-state index contributed by atoms with van der Waals surface area (Å²) in [6, 6.07) is 13.4. The number of rotatable bonds is 9. The van der Waals surface area contributed by atoms with Crippen molar-refractivity contribution in [1.29, 1.82) is 0 Å². The van der Waals surface area contributed by atoms with Gasteiger partial charge >= 0.3 is 0 Å². The lowest BCUT2D eigenvalue weighted by Crippen LogP contribution is -2.22. The summed E-state index contributed by atoms with van der Waals surface area (Å²) < 4.78 is 27.5. The minimum Gasteiger partial charge on any atom is -0.550 e. The number of carboxylic acid groups (broad SMARTS) is 1. The van der Waals surface area contributed by atoms with Crippen LogP contribution in [0.25, 0.3) is 0 Å². The molecule has 0 atom stereocenters. The number of hydrogen-bond acceptors (Lipinski definition) is 5. The fourth-order valence-corrected chi connectivity index (χ4v) is 3.68. The van der Waals surface area contributed by atoms with Crippen molar-refractivity contribution in [3.05, 3.63) is 54.1 Å². The molecule has 6 nitrogen and oxygen atoms in total. The number of carboxylic acids is 1. The van der Waals surface area contributed by atoms with Crippen LogP contribution in [-0.2, 0) is 21.2 Å². The van der Waals surface area contributed by atoms with Crippen LogP contribution in [0.15, 0.2) is 53.4 Å². The molecule has 2 rings (SSSR count). The van der Waals surface area contributed by atoms with Gasteiger partial charge < -0.3 is 14.8 Å². The quantitative estimate of drug-likeness (QED) is 0.724. The number of carbonyl (C=O) groups excluding carboxylic acids is 1. The Morgan fingerprint density at radius 1 is 1.00 bits per heavy atom. The number of nitrogens with one attached hydrogen (secondary N) is 1. The molecule has 2 aromatic rings. The average Bonchev–Trinajstić information content (AvgIpc) is 2.62. The second kappa shape index (κ2) is 8.71. The van der Waals surface area contributed by atoms with Gasteiger partial charge in [-0.3, -0.25) is 4.72 Å². The molecule has 0 spiro atoms. The molecule has 0 unspecified atom stereocenters. The molecular formula is C19H23N2O4S-. The van der Waals surface area contributed by atoms with E-state index in [4.69, 9.17) is 0 Å². The molecule has 0 aliphatic carbocycles. The van der Waals surface area contributed by atoms with Gasteiger partial charge in [0, 0.05) is 30.4 Å². The highest BCUT2D eigenvalue weighted by Gasteiger charge is 2.14. The van der Waals surface area contributed by atoms with Gasteiger partial charge in [-0.15, -0.1) is 0 Å². The zero-order valence-electron chi connectivity index (χ0n) is 14.9.